The summed E-state index contributed by atoms with van der Waals surface area (Å²) >= 11 is 0. The summed E-state index contributed by atoms with van der Waals surface area (Å²) in [6.07, 6.45) is 6.85. The van der Waals surface area contributed by atoms with Crippen molar-refractivity contribution in [3.63, 3.8) is 0 Å². The topological polar surface area (TPSA) is 36.7 Å². The molecular weight excluding hydrogens is 172 g/mol. The van der Waals surface area contributed by atoms with Crippen molar-refractivity contribution in [2.75, 3.05) is 0 Å². The summed E-state index contributed by atoms with van der Waals surface area (Å²) in [5.41, 5.74) is 1.03. The zero-order valence-electron chi connectivity index (χ0n) is 7.51. The lowest BCUT2D eigenvalue weighted by Gasteiger charge is -1.99. The first-order valence-electron chi connectivity index (χ1n) is 4.31. The van der Waals surface area contributed by atoms with Crippen LogP contribution in [-0.4, -0.2) is 4.98 Å². The molecule has 1 heterocycles. The minimum absolute atomic E-state index is 1.03. The molecule has 0 saturated heterocycles. The van der Waals surface area contributed by atoms with Crippen molar-refractivity contribution in [1.29, 1.82) is 5.26 Å². The molecule has 0 bridgehead atoms. The maximum absolute atomic E-state index is 8.45. The molecule has 66 valence electrons. The molecule has 2 heteroatoms. The van der Waals surface area contributed by atoms with Crippen molar-refractivity contribution in [2.24, 2.45) is 0 Å². The molecule has 14 heavy (non-hydrogen) atoms. The van der Waals surface area contributed by atoms with Crippen LogP contribution in [0.5, 0.6) is 0 Å². The summed E-state index contributed by atoms with van der Waals surface area (Å²) in [4.78, 5) is 4.06. The third-order valence-electron chi connectivity index (χ3n) is 2.05. The molecule has 0 aliphatic rings. The lowest BCUT2D eigenvalue weighted by molar-refractivity contribution is 1.36. The van der Waals surface area contributed by atoms with Crippen LogP contribution in [0.2, 0.25) is 0 Å². The van der Waals surface area contributed by atoms with Crippen molar-refractivity contribution >= 4 is 16.8 Å². The molecule has 0 fully saturated rings. The second kappa shape index (κ2) is 3.71. The van der Waals surface area contributed by atoms with E-state index < -0.39 is 0 Å². The molecule has 2 rings (SSSR count). The van der Waals surface area contributed by atoms with Crippen LogP contribution in [0.4, 0.5) is 0 Å². The molecule has 0 N–H and O–H groups in total. The fourth-order valence-corrected chi connectivity index (χ4v) is 1.41. The predicted octanol–water partition coefficient (Wildman–Crippen LogP) is 2.77. The number of nitrogens with zero attached hydrogens (tertiary/aromatic N) is 2. The molecule has 0 aliphatic carbocycles. The standard InChI is InChI=1S/C12H8N2/c13-7-2-5-10-3-1-4-11-6-8-14-9-12(10)11/h1-6,8-9H. The largest absolute Gasteiger partial charge is 0.264 e. The third kappa shape index (κ3) is 1.48. The van der Waals surface area contributed by atoms with Gasteiger partial charge in [-0.25, -0.2) is 0 Å². The quantitative estimate of drug-likeness (QED) is 0.633. The zero-order chi connectivity index (χ0) is 9.80. The minimum Gasteiger partial charge on any atom is -0.264 e. The second-order valence-electron chi connectivity index (χ2n) is 2.91. The summed E-state index contributed by atoms with van der Waals surface area (Å²) < 4.78 is 0. The molecule has 0 spiro atoms. The molecule has 1 aromatic heterocycles. The van der Waals surface area contributed by atoms with Crippen LogP contribution in [0.1, 0.15) is 5.56 Å². The fraction of sp³-hybridized carbons (Fsp3) is 0. The van der Waals surface area contributed by atoms with Crippen LogP contribution in [0.3, 0.4) is 0 Å². The number of nitriles is 1. The van der Waals surface area contributed by atoms with Gasteiger partial charge in [0.05, 0.1) is 6.07 Å². The van der Waals surface area contributed by atoms with E-state index in [-0.39, 0.29) is 0 Å². The van der Waals surface area contributed by atoms with E-state index in [2.05, 4.69) is 4.98 Å². The monoisotopic (exact) mass is 180 g/mol. The Kier molecular flexibility index (Phi) is 2.24. The molecular formula is C12H8N2. The van der Waals surface area contributed by atoms with E-state index >= 15 is 0 Å². The van der Waals surface area contributed by atoms with Crippen molar-refractivity contribution in [1.82, 2.24) is 4.98 Å². The minimum atomic E-state index is 1.03. The SMILES string of the molecule is N#CC=Cc1cccc2ccncc12. The average Bonchev–Trinajstić information content (AvgIpc) is 2.26. The smallest absolute Gasteiger partial charge is 0.0912 e. The van der Waals surface area contributed by atoms with Gasteiger partial charge in [-0.3, -0.25) is 4.98 Å². The Hall–Kier alpha value is -2.14. The van der Waals surface area contributed by atoms with Gasteiger partial charge in [0, 0.05) is 23.9 Å². The number of hydrogen-bond acceptors (Lipinski definition) is 2. The maximum atomic E-state index is 8.45. The number of aromatic nitrogens is 1. The predicted molar refractivity (Wildman–Crippen MR) is 56.4 cm³/mol. The Morgan fingerprint density at radius 2 is 2.21 bits per heavy atom. The fourth-order valence-electron chi connectivity index (χ4n) is 1.41. The van der Waals surface area contributed by atoms with E-state index in [1.54, 1.807) is 12.3 Å². The lowest BCUT2D eigenvalue weighted by Crippen LogP contribution is -1.79. The van der Waals surface area contributed by atoms with Gasteiger partial charge in [0.25, 0.3) is 0 Å². The molecule has 2 aromatic rings. The highest BCUT2D eigenvalue weighted by Crippen LogP contribution is 2.18. The lowest BCUT2D eigenvalue weighted by atomic mass is 10.1. The first kappa shape index (κ1) is 8.46. The molecule has 0 unspecified atom stereocenters. The highest BCUT2D eigenvalue weighted by molar-refractivity contribution is 5.89. The number of fused-ring (bicyclic) bond motifs is 1. The summed E-state index contributed by atoms with van der Waals surface area (Å²) in [5.74, 6) is 0. The van der Waals surface area contributed by atoms with Crippen molar-refractivity contribution in [3.8, 4) is 6.07 Å². The highest BCUT2D eigenvalue weighted by Gasteiger charge is 1.95. The van der Waals surface area contributed by atoms with E-state index in [9.17, 15) is 0 Å². The van der Waals surface area contributed by atoms with Crippen LogP contribution in [0, 0.1) is 11.3 Å². The van der Waals surface area contributed by atoms with Crippen molar-refractivity contribution in [3.05, 3.63) is 48.3 Å². The molecule has 2 nitrogen and oxygen atoms in total. The number of hydrogen-bond donors (Lipinski definition) is 0. The van der Waals surface area contributed by atoms with Crippen LogP contribution >= 0.6 is 0 Å². The average molecular weight is 180 g/mol. The van der Waals surface area contributed by atoms with E-state index in [0.717, 1.165) is 16.3 Å². The number of allylic oxidation sites excluding steroid dienone is 1. The summed E-state index contributed by atoms with van der Waals surface area (Å²) in [6.45, 7) is 0. The normalized spacial score (nSPS) is 10.5. The Labute approximate surface area is 82.1 Å². The molecule has 0 atom stereocenters. The third-order valence-corrected chi connectivity index (χ3v) is 2.05. The molecule has 0 aliphatic heterocycles. The van der Waals surface area contributed by atoms with Crippen LogP contribution in [-0.2, 0) is 0 Å². The Bertz CT molecular complexity index is 516. The molecule has 1 aromatic carbocycles. The van der Waals surface area contributed by atoms with Crippen molar-refractivity contribution in [2.45, 2.75) is 0 Å². The van der Waals surface area contributed by atoms with E-state index in [0.29, 0.717) is 0 Å². The Morgan fingerprint density at radius 1 is 1.29 bits per heavy atom. The van der Waals surface area contributed by atoms with Gasteiger partial charge in [-0.1, -0.05) is 18.2 Å². The van der Waals surface area contributed by atoms with Gasteiger partial charge in [0.1, 0.15) is 0 Å². The molecule has 0 amide bonds. The Morgan fingerprint density at radius 3 is 3.07 bits per heavy atom. The van der Waals surface area contributed by atoms with Gasteiger partial charge < -0.3 is 0 Å². The summed E-state index contributed by atoms with van der Waals surface area (Å²) in [7, 11) is 0. The van der Waals surface area contributed by atoms with Crippen LogP contribution in [0.15, 0.2) is 42.7 Å². The van der Waals surface area contributed by atoms with E-state index in [4.69, 9.17) is 5.26 Å². The first-order chi connectivity index (χ1) is 6.92. The molecule has 0 radical (unpaired) electrons. The maximum Gasteiger partial charge on any atom is 0.0912 e. The van der Waals surface area contributed by atoms with E-state index in [1.807, 2.05) is 36.5 Å². The zero-order valence-corrected chi connectivity index (χ0v) is 7.51. The van der Waals surface area contributed by atoms with Crippen molar-refractivity contribution < 1.29 is 0 Å². The number of pyridine rings is 1. The van der Waals surface area contributed by atoms with Gasteiger partial charge in [0.2, 0.25) is 0 Å². The van der Waals surface area contributed by atoms with Crippen LogP contribution < -0.4 is 0 Å². The van der Waals surface area contributed by atoms with E-state index in [1.165, 1.54) is 6.08 Å². The number of rotatable bonds is 1. The number of benzene rings is 1. The molecule has 0 saturated carbocycles. The summed E-state index contributed by atoms with van der Waals surface area (Å²) in [6, 6.07) is 9.91. The van der Waals surface area contributed by atoms with Crippen LogP contribution in [0.25, 0.3) is 16.8 Å². The second-order valence-corrected chi connectivity index (χ2v) is 2.91. The van der Waals surface area contributed by atoms with Gasteiger partial charge >= 0.3 is 0 Å². The summed E-state index contributed by atoms with van der Waals surface area (Å²) in [5, 5.41) is 10.7. The van der Waals surface area contributed by atoms with Gasteiger partial charge in [-0.05, 0) is 23.1 Å². The highest BCUT2D eigenvalue weighted by atomic mass is 14.6. The first-order valence-corrected chi connectivity index (χ1v) is 4.31. The Balaban J connectivity index is 2.66. The van der Waals surface area contributed by atoms with Gasteiger partial charge in [-0.2, -0.15) is 5.26 Å². The van der Waals surface area contributed by atoms with Gasteiger partial charge in [-0.15, -0.1) is 0 Å². The van der Waals surface area contributed by atoms with Gasteiger partial charge in [0.15, 0.2) is 0 Å².